The number of halogens is 3. The molecular formula is C14H19F3N2O. The molecule has 0 aromatic heterocycles. The Balaban J connectivity index is 2.66. The SMILES string of the molecule is CCN(CCCN)C(=O)Cc1ccc(C(F)(F)F)cc1. The summed E-state index contributed by atoms with van der Waals surface area (Å²) in [6, 6.07) is 4.69. The highest BCUT2D eigenvalue weighted by Crippen LogP contribution is 2.29. The summed E-state index contributed by atoms with van der Waals surface area (Å²) in [5.74, 6) is -0.0966. The summed E-state index contributed by atoms with van der Waals surface area (Å²) in [4.78, 5) is 13.7. The fourth-order valence-electron chi connectivity index (χ4n) is 1.84. The number of likely N-dealkylation sites (N-methyl/N-ethyl adjacent to an activating group) is 1. The van der Waals surface area contributed by atoms with Crippen LogP contribution in [0.15, 0.2) is 24.3 Å². The maximum absolute atomic E-state index is 12.4. The highest BCUT2D eigenvalue weighted by atomic mass is 19.4. The third-order valence-electron chi connectivity index (χ3n) is 3.00. The molecule has 2 N–H and O–H groups in total. The van der Waals surface area contributed by atoms with E-state index in [1.54, 1.807) is 4.90 Å². The number of hydrogen-bond donors (Lipinski definition) is 1. The summed E-state index contributed by atoms with van der Waals surface area (Å²) in [5.41, 5.74) is 5.27. The number of nitrogens with zero attached hydrogens (tertiary/aromatic N) is 1. The lowest BCUT2D eigenvalue weighted by Crippen LogP contribution is -2.33. The molecule has 0 aliphatic heterocycles. The molecule has 0 fully saturated rings. The molecule has 1 rings (SSSR count). The summed E-state index contributed by atoms with van der Waals surface area (Å²) < 4.78 is 37.3. The number of hydrogen-bond acceptors (Lipinski definition) is 2. The summed E-state index contributed by atoms with van der Waals surface area (Å²) in [6.07, 6.45) is -3.53. The van der Waals surface area contributed by atoms with Crippen LogP contribution in [0, 0.1) is 0 Å². The first-order chi connectivity index (χ1) is 9.38. The van der Waals surface area contributed by atoms with Gasteiger partial charge < -0.3 is 10.6 Å². The van der Waals surface area contributed by atoms with Crippen LogP contribution >= 0.6 is 0 Å². The Bertz CT molecular complexity index is 429. The van der Waals surface area contributed by atoms with Gasteiger partial charge in [0, 0.05) is 13.1 Å². The second kappa shape index (κ2) is 7.28. The van der Waals surface area contributed by atoms with Crippen molar-refractivity contribution in [3.8, 4) is 0 Å². The van der Waals surface area contributed by atoms with E-state index in [0.717, 1.165) is 12.1 Å². The van der Waals surface area contributed by atoms with Crippen molar-refractivity contribution in [2.75, 3.05) is 19.6 Å². The third-order valence-corrected chi connectivity index (χ3v) is 3.00. The van der Waals surface area contributed by atoms with Gasteiger partial charge in [-0.05, 0) is 37.6 Å². The Labute approximate surface area is 116 Å². The van der Waals surface area contributed by atoms with Crippen LogP contribution in [-0.2, 0) is 17.4 Å². The molecule has 0 aliphatic rings. The van der Waals surface area contributed by atoms with Gasteiger partial charge >= 0.3 is 6.18 Å². The van der Waals surface area contributed by atoms with Crippen LogP contribution in [0.3, 0.4) is 0 Å². The normalized spacial score (nSPS) is 11.4. The van der Waals surface area contributed by atoms with E-state index in [9.17, 15) is 18.0 Å². The van der Waals surface area contributed by atoms with E-state index in [1.807, 2.05) is 6.92 Å². The number of amides is 1. The largest absolute Gasteiger partial charge is 0.416 e. The van der Waals surface area contributed by atoms with Gasteiger partial charge in [0.15, 0.2) is 0 Å². The Morgan fingerprint density at radius 3 is 2.30 bits per heavy atom. The van der Waals surface area contributed by atoms with Crippen LogP contribution in [0.1, 0.15) is 24.5 Å². The molecule has 3 nitrogen and oxygen atoms in total. The smallest absolute Gasteiger partial charge is 0.343 e. The number of rotatable bonds is 6. The Morgan fingerprint density at radius 1 is 1.25 bits per heavy atom. The molecule has 112 valence electrons. The predicted octanol–water partition coefficient (Wildman–Crippen LogP) is 2.45. The van der Waals surface area contributed by atoms with Gasteiger partial charge in [-0.1, -0.05) is 12.1 Å². The first-order valence-electron chi connectivity index (χ1n) is 6.52. The van der Waals surface area contributed by atoms with Gasteiger partial charge in [-0.2, -0.15) is 13.2 Å². The zero-order valence-corrected chi connectivity index (χ0v) is 11.4. The molecule has 20 heavy (non-hydrogen) atoms. The van der Waals surface area contributed by atoms with Crippen LogP contribution in [-0.4, -0.2) is 30.4 Å². The van der Waals surface area contributed by atoms with Gasteiger partial charge in [0.25, 0.3) is 0 Å². The van der Waals surface area contributed by atoms with Crippen molar-refractivity contribution in [2.45, 2.75) is 25.9 Å². The molecule has 0 saturated heterocycles. The number of benzene rings is 1. The number of carbonyl (C=O) groups excluding carboxylic acids is 1. The summed E-state index contributed by atoms with van der Waals surface area (Å²) in [6.45, 7) is 3.51. The lowest BCUT2D eigenvalue weighted by Gasteiger charge is -2.20. The zero-order chi connectivity index (χ0) is 15.2. The van der Waals surface area contributed by atoms with Crippen LogP contribution in [0.25, 0.3) is 0 Å². The van der Waals surface area contributed by atoms with Crippen LogP contribution < -0.4 is 5.73 Å². The summed E-state index contributed by atoms with van der Waals surface area (Å²) >= 11 is 0. The second-order valence-electron chi connectivity index (χ2n) is 4.49. The highest BCUT2D eigenvalue weighted by molar-refractivity contribution is 5.78. The van der Waals surface area contributed by atoms with Crippen LogP contribution in [0.4, 0.5) is 13.2 Å². The molecule has 0 bridgehead atoms. The zero-order valence-electron chi connectivity index (χ0n) is 11.4. The minimum atomic E-state index is -4.35. The van der Waals surface area contributed by atoms with E-state index < -0.39 is 11.7 Å². The van der Waals surface area contributed by atoms with Crippen molar-refractivity contribution in [3.05, 3.63) is 35.4 Å². The molecule has 0 aliphatic carbocycles. The third kappa shape index (κ3) is 4.85. The Hall–Kier alpha value is -1.56. The molecule has 1 amide bonds. The molecule has 0 unspecified atom stereocenters. The molecule has 1 aromatic rings. The minimum absolute atomic E-state index is 0.0966. The topological polar surface area (TPSA) is 46.3 Å². The molecule has 0 spiro atoms. The van der Waals surface area contributed by atoms with Gasteiger partial charge in [0.05, 0.1) is 12.0 Å². The average Bonchev–Trinajstić information content (AvgIpc) is 2.39. The molecule has 0 radical (unpaired) electrons. The van der Waals surface area contributed by atoms with E-state index in [4.69, 9.17) is 5.73 Å². The van der Waals surface area contributed by atoms with Gasteiger partial charge in [-0.25, -0.2) is 0 Å². The van der Waals surface area contributed by atoms with Crippen molar-refractivity contribution < 1.29 is 18.0 Å². The summed E-state index contributed by atoms with van der Waals surface area (Å²) in [7, 11) is 0. The highest BCUT2D eigenvalue weighted by Gasteiger charge is 2.30. The molecule has 0 atom stereocenters. The van der Waals surface area contributed by atoms with E-state index in [0.29, 0.717) is 31.6 Å². The Morgan fingerprint density at radius 2 is 1.85 bits per heavy atom. The summed E-state index contributed by atoms with van der Waals surface area (Å²) in [5, 5.41) is 0. The van der Waals surface area contributed by atoms with E-state index >= 15 is 0 Å². The van der Waals surface area contributed by atoms with Crippen molar-refractivity contribution in [1.82, 2.24) is 4.90 Å². The van der Waals surface area contributed by atoms with Gasteiger partial charge in [0.2, 0.25) is 5.91 Å². The van der Waals surface area contributed by atoms with Gasteiger partial charge in [0.1, 0.15) is 0 Å². The van der Waals surface area contributed by atoms with Crippen LogP contribution in [0.5, 0.6) is 0 Å². The molecule has 6 heteroatoms. The van der Waals surface area contributed by atoms with Crippen LogP contribution in [0.2, 0.25) is 0 Å². The number of carbonyl (C=O) groups is 1. The van der Waals surface area contributed by atoms with Crippen molar-refractivity contribution in [3.63, 3.8) is 0 Å². The molecule has 1 aromatic carbocycles. The second-order valence-corrected chi connectivity index (χ2v) is 4.49. The molecular weight excluding hydrogens is 269 g/mol. The number of nitrogens with two attached hydrogens (primary N) is 1. The first-order valence-corrected chi connectivity index (χ1v) is 6.52. The monoisotopic (exact) mass is 288 g/mol. The van der Waals surface area contributed by atoms with Gasteiger partial charge in [-0.15, -0.1) is 0 Å². The van der Waals surface area contributed by atoms with E-state index in [1.165, 1.54) is 12.1 Å². The molecule has 0 heterocycles. The molecule has 0 saturated carbocycles. The first kappa shape index (κ1) is 16.5. The maximum atomic E-state index is 12.4. The lowest BCUT2D eigenvalue weighted by atomic mass is 10.1. The van der Waals surface area contributed by atoms with Gasteiger partial charge in [-0.3, -0.25) is 4.79 Å². The fourth-order valence-corrected chi connectivity index (χ4v) is 1.84. The standard InChI is InChI=1S/C14H19F3N2O/c1-2-19(9-3-8-18)13(20)10-11-4-6-12(7-5-11)14(15,16)17/h4-7H,2-3,8-10,18H2,1H3. The maximum Gasteiger partial charge on any atom is 0.416 e. The lowest BCUT2D eigenvalue weighted by molar-refractivity contribution is -0.137. The van der Waals surface area contributed by atoms with E-state index in [-0.39, 0.29) is 12.3 Å². The van der Waals surface area contributed by atoms with Crippen molar-refractivity contribution in [2.24, 2.45) is 5.73 Å². The minimum Gasteiger partial charge on any atom is -0.343 e. The quantitative estimate of drug-likeness (QED) is 0.874. The van der Waals surface area contributed by atoms with Crippen molar-refractivity contribution in [1.29, 1.82) is 0 Å². The van der Waals surface area contributed by atoms with Crippen molar-refractivity contribution >= 4 is 5.91 Å². The fraction of sp³-hybridized carbons (Fsp3) is 0.500. The number of alkyl halides is 3. The predicted molar refractivity (Wildman–Crippen MR) is 71.1 cm³/mol. The Kier molecular flexibility index (Phi) is 6.01. The van der Waals surface area contributed by atoms with E-state index in [2.05, 4.69) is 0 Å². The average molecular weight is 288 g/mol.